The Morgan fingerprint density at radius 2 is 1.88 bits per heavy atom. The molecule has 1 aromatic carbocycles. The minimum Gasteiger partial charge on any atom is -0.444 e. The van der Waals surface area contributed by atoms with Gasteiger partial charge in [-0.1, -0.05) is 38.1 Å². The van der Waals surface area contributed by atoms with Crippen LogP contribution in [0.5, 0.6) is 0 Å². The van der Waals surface area contributed by atoms with Crippen LogP contribution in [-0.4, -0.2) is 49.1 Å². The van der Waals surface area contributed by atoms with Gasteiger partial charge in [0.25, 0.3) is 0 Å². The zero-order valence-corrected chi connectivity index (χ0v) is 20.6. The van der Waals surface area contributed by atoms with Crippen molar-refractivity contribution in [2.45, 2.75) is 65.8 Å². The van der Waals surface area contributed by atoms with Gasteiger partial charge in [-0.05, 0) is 75.6 Å². The molecule has 32 heavy (non-hydrogen) atoms. The van der Waals surface area contributed by atoms with Crippen LogP contribution in [0.1, 0.15) is 67.5 Å². The van der Waals surface area contributed by atoms with Gasteiger partial charge in [-0.15, -0.1) is 0 Å². The number of rotatable bonds is 9. The van der Waals surface area contributed by atoms with E-state index in [1.54, 1.807) is 0 Å². The Hall–Kier alpha value is -2.34. The van der Waals surface area contributed by atoms with Crippen LogP contribution in [-0.2, 0) is 13.0 Å². The number of likely N-dealkylation sites (tertiary alicyclic amines) is 1. The summed E-state index contributed by atoms with van der Waals surface area (Å²) >= 11 is 0. The average Bonchev–Trinajstić information content (AvgIpc) is 3.11. The summed E-state index contributed by atoms with van der Waals surface area (Å²) in [6.45, 7) is 13.4. The van der Waals surface area contributed by atoms with Crippen molar-refractivity contribution in [3.8, 4) is 0 Å². The Morgan fingerprint density at radius 1 is 1.16 bits per heavy atom. The second-order valence-electron chi connectivity index (χ2n) is 9.35. The largest absolute Gasteiger partial charge is 0.444 e. The van der Waals surface area contributed by atoms with E-state index in [2.05, 4.69) is 63.6 Å². The first kappa shape index (κ1) is 24.3. The average molecular weight is 440 g/mol. The highest BCUT2D eigenvalue weighted by Crippen LogP contribution is 2.19. The molecule has 3 rings (SSSR count). The van der Waals surface area contributed by atoms with Crippen molar-refractivity contribution < 1.29 is 4.42 Å². The molecule has 0 atom stereocenters. The Kier molecular flexibility index (Phi) is 9.15. The van der Waals surface area contributed by atoms with Gasteiger partial charge in [0.1, 0.15) is 5.76 Å². The summed E-state index contributed by atoms with van der Waals surface area (Å²) in [6, 6.07) is 9.04. The summed E-state index contributed by atoms with van der Waals surface area (Å²) in [5.74, 6) is 3.96. The van der Waals surface area contributed by atoms with E-state index in [1.807, 2.05) is 20.9 Å². The van der Waals surface area contributed by atoms with E-state index in [1.165, 1.54) is 24.0 Å². The monoisotopic (exact) mass is 439 g/mol. The molecule has 1 fully saturated rings. The molecule has 1 aromatic heterocycles. The van der Waals surface area contributed by atoms with Crippen molar-refractivity contribution in [1.82, 2.24) is 20.5 Å². The van der Waals surface area contributed by atoms with Gasteiger partial charge in [-0.25, -0.2) is 4.98 Å². The standard InChI is InChI=1S/C26H41N5O/c1-19(2)24-10-8-22(9-11-24)7-6-14-28-26(27-5)29-17-23-12-15-31(16-13-23)18-25-30-20(3)21(4)32-25/h8-11,19,23H,6-7,12-18H2,1-5H3,(H2,27,28,29). The molecule has 0 aliphatic carbocycles. The number of benzene rings is 1. The second kappa shape index (κ2) is 12.0. The number of hydrogen-bond acceptors (Lipinski definition) is 4. The van der Waals surface area contributed by atoms with Crippen molar-refractivity contribution in [2.75, 3.05) is 33.2 Å². The third-order valence-electron chi connectivity index (χ3n) is 6.50. The van der Waals surface area contributed by atoms with Gasteiger partial charge < -0.3 is 15.1 Å². The quantitative estimate of drug-likeness (QED) is 0.344. The van der Waals surface area contributed by atoms with Crippen LogP contribution < -0.4 is 10.6 Å². The third kappa shape index (κ3) is 7.37. The van der Waals surface area contributed by atoms with Crippen LogP contribution >= 0.6 is 0 Å². The van der Waals surface area contributed by atoms with Crippen molar-refractivity contribution in [3.05, 3.63) is 52.7 Å². The number of oxazole rings is 1. The molecule has 1 aliphatic rings. The van der Waals surface area contributed by atoms with E-state index in [0.717, 1.165) is 68.9 Å². The highest BCUT2D eigenvalue weighted by atomic mass is 16.4. The SMILES string of the molecule is CN=C(NCCCc1ccc(C(C)C)cc1)NCC1CCN(Cc2nc(C)c(C)o2)CC1. The lowest BCUT2D eigenvalue weighted by Crippen LogP contribution is -2.43. The summed E-state index contributed by atoms with van der Waals surface area (Å²) in [4.78, 5) is 11.4. The van der Waals surface area contributed by atoms with Gasteiger partial charge in [0.15, 0.2) is 5.96 Å². The molecule has 2 heterocycles. The smallest absolute Gasteiger partial charge is 0.208 e. The summed E-state index contributed by atoms with van der Waals surface area (Å²) in [5.41, 5.74) is 3.81. The number of nitrogens with one attached hydrogen (secondary N) is 2. The number of aromatic nitrogens is 1. The van der Waals surface area contributed by atoms with Crippen molar-refractivity contribution in [2.24, 2.45) is 10.9 Å². The molecular weight excluding hydrogens is 398 g/mol. The molecule has 6 heteroatoms. The second-order valence-corrected chi connectivity index (χ2v) is 9.35. The maximum atomic E-state index is 5.74. The zero-order chi connectivity index (χ0) is 22.9. The molecule has 0 saturated carbocycles. The fourth-order valence-corrected chi connectivity index (χ4v) is 4.18. The van der Waals surface area contributed by atoms with E-state index < -0.39 is 0 Å². The molecule has 0 radical (unpaired) electrons. The lowest BCUT2D eigenvalue weighted by Gasteiger charge is -2.31. The van der Waals surface area contributed by atoms with E-state index >= 15 is 0 Å². The van der Waals surface area contributed by atoms with Crippen molar-refractivity contribution in [3.63, 3.8) is 0 Å². The molecule has 0 unspecified atom stereocenters. The minimum absolute atomic E-state index is 0.592. The topological polar surface area (TPSA) is 65.7 Å². The first-order chi connectivity index (χ1) is 15.4. The number of piperidine rings is 1. The highest BCUT2D eigenvalue weighted by Gasteiger charge is 2.21. The molecule has 0 amide bonds. The van der Waals surface area contributed by atoms with Gasteiger partial charge in [-0.3, -0.25) is 9.89 Å². The van der Waals surface area contributed by atoms with E-state index in [9.17, 15) is 0 Å². The Bertz CT molecular complexity index is 828. The maximum absolute atomic E-state index is 5.74. The summed E-state index contributed by atoms with van der Waals surface area (Å²) < 4.78 is 5.74. The van der Waals surface area contributed by atoms with Crippen LogP contribution in [0, 0.1) is 19.8 Å². The Morgan fingerprint density at radius 3 is 2.47 bits per heavy atom. The summed E-state index contributed by atoms with van der Waals surface area (Å²) in [5, 5.41) is 6.99. The van der Waals surface area contributed by atoms with Crippen molar-refractivity contribution >= 4 is 5.96 Å². The molecule has 176 valence electrons. The Balaban J connectivity index is 1.30. The van der Waals surface area contributed by atoms with Crippen LogP contribution in [0.2, 0.25) is 0 Å². The van der Waals surface area contributed by atoms with Gasteiger partial charge in [0.05, 0.1) is 12.2 Å². The predicted molar refractivity (Wildman–Crippen MR) is 132 cm³/mol. The third-order valence-corrected chi connectivity index (χ3v) is 6.50. The van der Waals surface area contributed by atoms with E-state index in [-0.39, 0.29) is 0 Å². The number of nitrogens with zero attached hydrogens (tertiary/aromatic N) is 3. The molecule has 6 nitrogen and oxygen atoms in total. The lowest BCUT2D eigenvalue weighted by atomic mass is 9.97. The fraction of sp³-hybridized carbons (Fsp3) is 0.615. The highest BCUT2D eigenvalue weighted by molar-refractivity contribution is 5.79. The first-order valence-corrected chi connectivity index (χ1v) is 12.1. The number of guanidine groups is 1. The molecule has 0 bridgehead atoms. The van der Waals surface area contributed by atoms with Gasteiger partial charge in [0.2, 0.25) is 5.89 Å². The van der Waals surface area contributed by atoms with Gasteiger partial charge in [-0.2, -0.15) is 0 Å². The summed E-state index contributed by atoms with van der Waals surface area (Å²) in [7, 11) is 1.85. The van der Waals surface area contributed by atoms with Gasteiger partial charge >= 0.3 is 0 Å². The number of aliphatic imine (C=N–C) groups is 1. The molecule has 2 aromatic rings. The van der Waals surface area contributed by atoms with Crippen LogP contribution in [0.25, 0.3) is 0 Å². The van der Waals surface area contributed by atoms with Crippen LogP contribution in [0.15, 0.2) is 33.7 Å². The zero-order valence-electron chi connectivity index (χ0n) is 20.6. The molecule has 2 N–H and O–H groups in total. The molecular formula is C26H41N5O. The molecule has 0 spiro atoms. The van der Waals surface area contributed by atoms with Crippen LogP contribution in [0.4, 0.5) is 0 Å². The predicted octanol–water partition coefficient (Wildman–Crippen LogP) is 4.42. The fourth-order valence-electron chi connectivity index (χ4n) is 4.18. The minimum atomic E-state index is 0.592. The van der Waals surface area contributed by atoms with Crippen LogP contribution in [0.3, 0.4) is 0 Å². The number of hydrogen-bond donors (Lipinski definition) is 2. The number of aryl methyl sites for hydroxylation is 3. The maximum Gasteiger partial charge on any atom is 0.208 e. The first-order valence-electron chi connectivity index (χ1n) is 12.1. The van der Waals surface area contributed by atoms with E-state index in [0.29, 0.717) is 11.8 Å². The van der Waals surface area contributed by atoms with E-state index in [4.69, 9.17) is 4.42 Å². The van der Waals surface area contributed by atoms with Gasteiger partial charge in [0, 0.05) is 20.1 Å². The molecule has 1 aliphatic heterocycles. The normalized spacial score (nSPS) is 16.0. The summed E-state index contributed by atoms with van der Waals surface area (Å²) in [6.07, 6.45) is 4.56. The molecule has 1 saturated heterocycles. The van der Waals surface area contributed by atoms with Crippen molar-refractivity contribution in [1.29, 1.82) is 0 Å². The lowest BCUT2D eigenvalue weighted by molar-refractivity contribution is 0.164. The Labute approximate surface area is 193 Å².